The fraction of sp³-hybridized carbons (Fsp3) is 0.114. The third kappa shape index (κ3) is 5.94. The van der Waals surface area contributed by atoms with Crippen LogP contribution in [0.5, 0.6) is 0 Å². The first-order valence-corrected chi connectivity index (χ1v) is 15.8. The van der Waals surface area contributed by atoms with Gasteiger partial charge >= 0.3 is 11.9 Å². The van der Waals surface area contributed by atoms with Gasteiger partial charge in [-0.15, -0.1) is 0 Å². The molecule has 230 valence electrons. The van der Waals surface area contributed by atoms with Crippen LogP contribution in [0, 0.1) is 0 Å². The summed E-state index contributed by atoms with van der Waals surface area (Å²) in [6.45, 7) is 5.34. The number of nitrogens with zero attached hydrogens (tertiary/aromatic N) is 4. The zero-order valence-corrected chi connectivity index (χ0v) is 27.2. The molecule has 5 aromatic rings. The van der Waals surface area contributed by atoms with E-state index in [1.165, 1.54) is 29.1 Å². The van der Waals surface area contributed by atoms with E-state index in [2.05, 4.69) is 27.5 Å². The fourth-order valence-corrected chi connectivity index (χ4v) is 6.51. The molecule has 1 aliphatic rings. The molecule has 1 atom stereocenters. The predicted octanol–water partition coefficient (Wildman–Crippen LogP) is 5.37. The summed E-state index contributed by atoms with van der Waals surface area (Å²) >= 11 is 4.72. The maximum Gasteiger partial charge on any atom is 0.338 e. The van der Waals surface area contributed by atoms with Gasteiger partial charge in [-0.25, -0.2) is 19.3 Å². The lowest BCUT2D eigenvalue weighted by molar-refractivity contribution is -0.138. The van der Waals surface area contributed by atoms with Gasteiger partial charge in [0.05, 0.1) is 45.9 Å². The van der Waals surface area contributed by atoms with Crippen molar-refractivity contribution in [2.24, 2.45) is 4.99 Å². The zero-order valence-electron chi connectivity index (χ0n) is 24.8. The third-order valence-corrected chi connectivity index (χ3v) is 8.90. The molecule has 0 radical (unpaired) electrons. The number of esters is 2. The van der Waals surface area contributed by atoms with E-state index in [-0.39, 0.29) is 17.7 Å². The van der Waals surface area contributed by atoms with E-state index in [1.807, 2.05) is 60.8 Å². The van der Waals surface area contributed by atoms with Crippen LogP contribution < -0.4 is 14.9 Å². The molecule has 0 spiro atoms. The van der Waals surface area contributed by atoms with E-state index < -0.39 is 18.0 Å². The average Bonchev–Trinajstić information content (AvgIpc) is 3.63. The molecular formula is C35H27BrN4O5S. The Hall–Kier alpha value is -5.13. The minimum absolute atomic E-state index is 0.00172. The van der Waals surface area contributed by atoms with Crippen LogP contribution >= 0.6 is 27.3 Å². The van der Waals surface area contributed by atoms with E-state index in [1.54, 1.807) is 41.9 Å². The Labute approximate surface area is 276 Å². The second-order valence-electron chi connectivity index (χ2n) is 10.3. The summed E-state index contributed by atoms with van der Waals surface area (Å²) in [5, 5.41) is 4.88. The van der Waals surface area contributed by atoms with Gasteiger partial charge in [-0.2, -0.15) is 5.10 Å². The third-order valence-electron chi connectivity index (χ3n) is 7.39. The molecule has 2 aromatic heterocycles. The summed E-state index contributed by atoms with van der Waals surface area (Å²) in [6.07, 6.45) is 5.17. The van der Waals surface area contributed by atoms with E-state index in [4.69, 9.17) is 14.6 Å². The van der Waals surface area contributed by atoms with Crippen LogP contribution in [-0.4, -0.2) is 40.0 Å². The van der Waals surface area contributed by atoms with Crippen LogP contribution in [-0.2, 0) is 14.3 Å². The monoisotopic (exact) mass is 694 g/mol. The number of carbonyl (C=O) groups excluding carboxylic acids is 2. The zero-order chi connectivity index (χ0) is 32.4. The summed E-state index contributed by atoms with van der Waals surface area (Å²) in [6, 6.07) is 23.3. The molecule has 3 aromatic carbocycles. The summed E-state index contributed by atoms with van der Waals surface area (Å²) < 4.78 is 14.9. The highest BCUT2D eigenvalue weighted by Gasteiger charge is 2.33. The largest absolute Gasteiger partial charge is 0.465 e. The van der Waals surface area contributed by atoms with Crippen molar-refractivity contribution in [2.45, 2.75) is 13.0 Å². The number of methoxy groups -OCH3 is 1. The maximum absolute atomic E-state index is 14.3. The number of rotatable bonds is 8. The first kappa shape index (κ1) is 30.9. The highest BCUT2D eigenvalue weighted by atomic mass is 79.9. The van der Waals surface area contributed by atoms with Crippen molar-refractivity contribution < 1.29 is 19.1 Å². The quantitative estimate of drug-likeness (QED) is 0.160. The van der Waals surface area contributed by atoms with Gasteiger partial charge in [0.2, 0.25) is 0 Å². The summed E-state index contributed by atoms with van der Waals surface area (Å²) in [7, 11) is 1.31. The Kier molecular flexibility index (Phi) is 8.78. The molecular weight excluding hydrogens is 668 g/mol. The van der Waals surface area contributed by atoms with Crippen molar-refractivity contribution in [1.29, 1.82) is 0 Å². The SMILES string of the molecule is C=CCOC(=O)C1=C(C)N=c2sc(=Cc3cn(-c4ccccc4)nc3-c3ccc(Br)cc3)c(=O)n2C1c1ccc(C(=O)OC)cc1. The second kappa shape index (κ2) is 13.1. The molecule has 0 N–H and O–H groups in total. The maximum atomic E-state index is 14.3. The van der Waals surface area contributed by atoms with Gasteiger partial charge in [0.1, 0.15) is 6.61 Å². The number of halogens is 1. The number of carbonyl (C=O) groups is 2. The number of benzene rings is 3. The highest BCUT2D eigenvalue weighted by Crippen LogP contribution is 2.31. The topological polar surface area (TPSA) is 105 Å². The lowest BCUT2D eigenvalue weighted by atomic mass is 9.95. The molecule has 0 saturated heterocycles. The van der Waals surface area contributed by atoms with Gasteiger partial charge in [-0.1, -0.05) is 82.4 Å². The van der Waals surface area contributed by atoms with E-state index in [0.717, 1.165) is 21.3 Å². The molecule has 46 heavy (non-hydrogen) atoms. The number of thiazole rings is 1. The van der Waals surface area contributed by atoms with E-state index in [9.17, 15) is 14.4 Å². The number of ether oxygens (including phenoxy) is 2. The van der Waals surface area contributed by atoms with Crippen LogP contribution in [0.1, 0.15) is 34.5 Å². The minimum atomic E-state index is -0.847. The van der Waals surface area contributed by atoms with Crippen molar-refractivity contribution in [3.63, 3.8) is 0 Å². The van der Waals surface area contributed by atoms with Crippen molar-refractivity contribution in [3.05, 3.63) is 150 Å². The predicted molar refractivity (Wildman–Crippen MR) is 179 cm³/mol. The Morgan fingerprint density at radius 3 is 2.41 bits per heavy atom. The summed E-state index contributed by atoms with van der Waals surface area (Å²) in [4.78, 5) is 44.8. The number of allylic oxidation sites excluding steroid dienone is 1. The molecule has 0 aliphatic carbocycles. The van der Waals surface area contributed by atoms with E-state index >= 15 is 0 Å². The Balaban J connectivity index is 1.53. The van der Waals surface area contributed by atoms with Crippen LogP contribution in [0.15, 0.2) is 123 Å². The molecule has 9 nitrogen and oxygen atoms in total. The first-order valence-electron chi connectivity index (χ1n) is 14.2. The molecule has 0 amide bonds. The van der Waals surface area contributed by atoms with Crippen molar-refractivity contribution in [1.82, 2.24) is 14.3 Å². The number of para-hydroxylation sites is 1. The Bertz CT molecular complexity index is 2180. The highest BCUT2D eigenvalue weighted by molar-refractivity contribution is 9.10. The number of hydrogen-bond acceptors (Lipinski definition) is 8. The average molecular weight is 696 g/mol. The second-order valence-corrected chi connectivity index (χ2v) is 12.2. The van der Waals surface area contributed by atoms with Crippen LogP contribution in [0.4, 0.5) is 0 Å². The van der Waals surface area contributed by atoms with E-state index in [0.29, 0.717) is 31.9 Å². The van der Waals surface area contributed by atoms with Crippen LogP contribution in [0.25, 0.3) is 23.0 Å². The molecule has 1 unspecified atom stereocenters. The van der Waals surface area contributed by atoms with Gasteiger partial charge in [0.15, 0.2) is 4.80 Å². The van der Waals surface area contributed by atoms with Crippen LogP contribution in [0.3, 0.4) is 0 Å². The molecule has 11 heteroatoms. The first-order chi connectivity index (χ1) is 22.3. The summed E-state index contributed by atoms with van der Waals surface area (Å²) in [5.41, 5.74) is 4.44. The number of fused-ring (bicyclic) bond motifs is 1. The number of hydrogen-bond donors (Lipinski definition) is 0. The smallest absolute Gasteiger partial charge is 0.338 e. The Morgan fingerprint density at radius 2 is 1.74 bits per heavy atom. The minimum Gasteiger partial charge on any atom is -0.465 e. The fourth-order valence-electron chi connectivity index (χ4n) is 5.21. The van der Waals surface area contributed by atoms with Gasteiger partial charge in [-0.05, 0) is 55.0 Å². The van der Waals surface area contributed by atoms with Crippen molar-refractivity contribution in [3.8, 4) is 16.9 Å². The normalized spacial score (nSPS) is 14.4. The molecule has 0 bridgehead atoms. The number of aromatic nitrogens is 3. The molecule has 6 rings (SSSR count). The lowest BCUT2D eigenvalue weighted by Crippen LogP contribution is -2.40. The molecule has 0 saturated carbocycles. The van der Waals surface area contributed by atoms with Gasteiger partial charge in [0.25, 0.3) is 5.56 Å². The molecule has 1 aliphatic heterocycles. The molecule has 0 fully saturated rings. The van der Waals surface area contributed by atoms with Crippen molar-refractivity contribution >= 4 is 45.3 Å². The summed E-state index contributed by atoms with van der Waals surface area (Å²) in [5.74, 6) is -1.11. The standard InChI is InChI=1S/C35H27BrN4O5S/c1-4-18-45-34(43)29-21(2)37-35-40(31(29)23-10-12-24(13-11-23)33(42)44-3)32(41)28(46-35)19-25-20-39(27-8-6-5-7-9-27)38-30(25)22-14-16-26(36)17-15-22/h4-17,19-20,31H,1,18H2,2-3H3. The molecule has 3 heterocycles. The lowest BCUT2D eigenvalue weighted by Gasteiger charge is -2.24. The van der Waals surface area contributed by atoms with Crippen molar-refractivity contribution in [2.75, 3.05) is 13.7 Å². The van der Waals surface area contributed by atoms with Gasteiger partial charge < -0.3 is 9.47 Å². The van der Waals surface area contributed by atoms with Gasteiger partial charge in [0, 0.05) is 21.8 Å². The van der Waals surface area contributed by atoms with Crippen LogP contribution in [0.2, 0.25) is 0 Å². The Morgan fingerprint density at radius 1 is 1.02 bits per heavy atom. The van der Waals surface area contributed by atoms with Gasteiger partial charge in [-0.3, -0.25) is 9.36 Å².